The summed E-state index contributed by atoms with van der Waals surface area (Å²) in [6, 6.07) is 2.65. The van der Waals surface area contributed by atoms with Crippen LogP contribution >= 0.6 is 0 Å². The fraction of sp³-hybridized carbons (Fsp3) is 0.333. The quantitative estimate of drug-likeness (QED) is 0.671. The fourth-order valence-corrected chi connectivity index (χ4v) is 1.26. The van der Waals surface area contributed by atoms with Crippen LogP contribution in [0.1, 0.15) is 6.42 Å². The molecule has 0 aliphatic heterocycles. The van der Waals surface area contributed by atoms with Crippen LogP contribution in [0.2, 0.25) is 0 Å². The van der Waals surface area contributed by atoms with Gasteiger partial charge in [0.15, 0.2) is 24.3 Å². The van der Waals surface area contributed by atoms with Crippen LogP contribution < -0.4 is 10.1 Å². The van der Waals surface area contributed by atoms with Crippen LogP contribution in [0.4, 0.5) is 8.78 Å². The van der Waals surface area contributed by atoms with E-state index in [4.69, 9.17) is 14.9 Å². The number of nitrogens with one attached hydrogen (secondary N) is 1. The Balaban J connectivity index is 2.31. The van der Waals surface area contributed by atoms with Gasteiger partial charge < -0.3 is 20.3 Å². The number of ether oxygens (including phenoxy) is 1. The van der Waals surface area contributed by atoms with Crippen molar-refractivity contribution < 1.29 is 33.3 Å². The van der Waals surface area contributed by atoms with Crippen molar-refractivity contribution in [2.75, 3.05) is 13.2 Å². The summed E-state index contributed by atoms with van der Waals surface area (Å²) in [5, 5.41) is 19.6. The molecule has 1 aromatic carbocycles. The van der Waals surface area contributed by atoms with E-state index in [-0.39, 0.29) is 18.7 Å². The number of halogens is 2. The Hall–Kier alpha value is -2.22. The Kier molecular flexibility index (Phi) is 5.85. The highest BCUT2D eigenvalue weighted by molar-refractivity contribution is 5.77. The monoisotopic (exact) mass is 289 g/mol. The average Bonchev–Trinajstić information content (AvgIpc) is 2.37. The van der Waals surface area contributed by atoms with Gasteiger partial charge in [0, 0.05) is 19.0 Å². The van der Waals surface area contributed by atoms with E-state index in [2.05, 4.69) is 5.32 Å². The highest BCUT2D eigenvalue weighted by atomic mass is 19.1. The summed E-state index contributed by atoms with van der Waals surface area (Å²) in [6.45, 7) is -0.576. The molecule has 0 aromatic heterocycles. The number of benzene rings is 1. The van der Waals surface area contributed by atoms with Gasteiger partial charge in [-0.1, -0.05) is 0 Å². The number of carbonyl (C=O) groups is 2. The first-order valence-electron chi connectivity index (χ1n) is 5.65. The van der Waals surface area contributed by atoms with Gasteiger partial charge in [-0.2, -0.15) is 0 Å². The molecule has 0 bridgehead atoms. The molecule has 0 unspecified atom stereocenters. The minimum absolute atomic E-state index is 0.0679. The summed E-state index contributed by atoms with van der Waals surface area (Å²) in [5.41, 5.74) is 0. The van der Waals surface area contributed by atoms with Gasteiger partial charge in [-0.3, -0.25) is 4.79 Å². The van der Waals surface area contributed by atoms with Crippen LogP contribution in [0.5, 0.6) is 5.75 Å². The molecular weight excluding hydrogens is 276 g/mol. The maximum absolute atomic E-state index is 13.2. The summed E-state index contributed by atoms with van der Waals surface area (Å²) in [7, 11) is 0. The molecule has 0 fully saturated rings. The van der Waals surface area contributed by atoms with Crippen molar-refractivity contribution in [3.63, 3.8) is 0 Å². The SMILES string of the molecule is O=C(COc1ccc(F)cc1F)NCC[C@H](O)C(=O)O. The van der Waals surface area contributed by atoms with Gasteiger partial charge in [0.1, 0.15) is 5.82 Å². The van der Waals surface area contributed by atoms with Gasteiger partial charge in [0.25, 0.3) is 5.91 Å². The lowest BCUT2D eigenvalue weighted by Gasteiger charge is -2.09. The minimum Gasteiger partial charge on any atom is -0.481 e. The molecule has 3 N–H and O–H groups in total. The zero-order valence-electron chi connectivity index (χ0n) is 10.3. The largest absolute Gasteiger partial charge is 0.481 e. The van der Waals surface area contributed by atoms with E-state index in [0.29, 0.717) is 6.07 Å². The zero-order chi connectivity index (χ0) is 15.1. The Labute approximate surface area is 113 Å². The van der Waals surface area contributed by atoms with Crippen molar-refractivity contribution in [2.45, 2.75) is 12.5 Å². The first kappa shape index (κ1) is 15.8. The maximum Gasteiger partial charge on any atom is 0.332 e. The van der Waals surface area contributed by atoms with Gasteiger partial charge in [0.05, 0.1) is 0 Å². The lowest BCUT2D eigenvalue weighted by Crippen LogP contribution is -2.33. The molecule has 0 saturated heterocycles. The van der Waals surface area contributed by atoms with Crippen LogP contribution in [0, 0.1) is 11.6 Å². The average molecular weight is 289 g/mol. The highest BCUT2D eigenvalue weighted by Gasteiger charge is 2.13. The molecule has 0 radical (unpaired) electrons. The molecule has 1 aromatic rings. The topological polar surface area (TPSA) is 95.9 Å². The van der Waals surface area contributed by atoms with Crippen LogP contribution in [0.15, 0.2) is 18.2 Å². The number of amides is 1. The van der Waals surface area contributed by atoms with Gasteiger partial charge in [-0.05, 0) is 12.1 Å². The predicted molar refractivity (Wildman–Crippen MR) is 63.1 cm³/mol. The standard InChI is InChI=1S/C12H13F2NO5/c13-7-1-2-10(8(14)5-7)20-6-11(17)15-4-3-9(16)12(18)19/h1-2,5,9,16H,3-4,6H2,(H,15,17)(H,18,19)/t9-/m0/s1. The number of aliphatic hydroxyl groups excluding tert-OH is 1. The van der Waals surface area contributed by atoms with E-state index in [0.717, 1.165) is 12.1 Å². The van der Waals surface area contributed by atoms with Crippen LogP contribution in [-0.4, -0.2) is 41.3 Å². The zero-order valence-corrected chi connectivity index (χ0v) is 10.3. The fourth-order valence-electron chi connectivity index (χ4n) is 1.26. The molecule has 110 valence electrons. The first-order valence-corrected chi connectivity index (χ1v) is 5.65. The molecule has 0 aliphatic carbocycles. The van der Waals surface area contributed by atoms with Crippen molar-refractivity contribution in [3.05, 3.63) is 29.8 Å². The second-order valence-electron chi connectivity index (χ2n) is 3.86. The number of carboxylic acids is 1. The summed E-state index contributed by atoms with van der Waals surface area (Å²) < 4.78 is 30.6. The van der Waals surface area contributed by atoms with Crippen LogP contribution in [-0.2, 0) is 9.59 Å². The summed E-state index contributed by atoms with van der Waals surface area (Å²) >= 11 is 0. The number of hydrogen-bond donors (Lipinski definition) is 3. The van der Waals surface area contributed by atoms with Gasteiger partial charge in [-0.25, -0.2) is 13.6 Å². The first-order chi connectivity index (χ1) is 9.40. The van der Waals surface area contributed by atoms with Crippen molar-refractivity contribution in [3.8, 4) is 5.75 Å². The normalized spacial score (nSPS) is 11.8. The predicted octanol–water partition coefficient (Wildman–Crippen LogP) is 0.295. The molecule has 0 spiro atoms. The number of carboxylic acid groups (broad SMARTS) is 1. The molecular formula is C12H13F2NO5. The van der Waals surface area contributed by atoms with Gasteiger partial charge in [-0.15, -0.1) is 0 Å². The lowest BCUT2D eigenvalue weighted by molar-refractivity contribution is -0.147. The third kappa shape index (κ3) is 5.19. The summed E-state index contributed by atoms with van der Waals surface area (Å²) in [5.74, 6) is -3.97. The molecule has 1 amide bonds. The Morgan fingerprint density at radius 2 is 2.05 bits per heavy atom. The number of carbonyl (C=O) groups excluding carboxylic acids is 1. The van der Waals surface area contributed by atoms with Gasteiger partial charge >= 0.3 is 5.97 Å². The number of rotatable bonds is 7. The van der Waals surface area contributed by atoms with Crippen molar-refractivity contribution >= 4 is 11.9 Å². The Morgan fingerprint density at radius 3 is 2.65 bits per heavy atom. The van der Waals surface area contributed by atoms with E-state index < -0.39 is 36.2 Å². The van der Waals surface area contributed by atoms with E-state index in [1.807, 2.05) is 0 Å². The Morgan fingerprint density at radius 1 is 1.35 bits per heavy atom. The minimum atomic E-state index is -1.56. The number of aliphatic carboxylic acids is 1. The van der Waals surface area contributed by atoms with Crippen molar-refractivity contribution in [1.29, 1.82) is 0 Å². The summed E-state index contributed by atoms with van der Waals surface area (Å²) in [4.78, 5) is 21.6. The molecule has 1 atom stereocenters. The number of aliphatic hydroxyl groups is 1. The van der Waals surface area contributed by atoms with Crippen LogP contribution in [0.3, 0.4) is 0 Å². The van der Waals surface area contributed by atoms with Crippen molar-refractivity contribution in [2.24, 2.45) is 0 Å². The smallest absolute Gasteiger partial charge is 0.332 e. The third-order valence-electron chi connectivity index (χ3n) is 2.28. The molecule has 0 saturated carbocycles. The maximum atomic E-state index is 13.2. The molecule has 20 heavy (non-hydrogen) atoms. The molecule has 6 nitrogen and oxygen atoms in total. The molecule has 8 heteroatoms. The van der Waals surface area contributed by atoms with Crippen LogP contribution in [0.25, 0.3) is 0 Å². The third-order valence-corrected chi connectivity index (χ3v) is 2.28. The lowest BCUT2D eigenvalue weighted by atomic mass is 10.2. The van der Waals surface area contributed by atoms with Crippen molar-refractivity contribution in [1.82, 2.24) is 5.32 Å². The van der Waals surface area contributed by atoms with E-state index >= 15 is 0 Å². The highest BCUT2D eigenvalue weighted by Crippen LogP contribution is 2.17. The Bertz CT molecular complexity index is 495. The second-order valence-corrected chi connectivity index (χ2v) is 3.86. The van der Waals surface area contributed by atoms with Gasteiger partial charge in [0.2, 0.25) is 0 Å². The summed E-state index contributed by atoms with van der Waals surface area (Å²) in [6.07, 6.45) is -1.72. The molecule has 0 aliphatic rings. The molecule has 1 rings (SSSR count). The van der Waals surface area contributed by atoms with E-state index in [1.54, 1.807) is 0 Å². The second kappa shape index (κ2) is 7.39. The van der Waals surface area contributed by atoms with E-state index in [9.17, 15) is 18.4 Å². The van der Waals surface area contributed by atoms with E-state index in [1.165, 1.54) is 0 Å². The number of hydrogen-bond acceptors (Lipinski definition) is 4. The molecule has 0 heterocycles.